The van der Waals surface area contributed by atoms with Crippen LogP contribution < -0.4 is 16.8 Å². The van der Waals surface area contributed by atoms with Gasteiger partial charge in [0.2, 0.25) is 5.91 Å². The Balaban J connectivity index is 1.87. The number of nitrogen functional groups attached to an aromatic ring is 1. The van der Waals surface area contributed by atoms with Crippen molar-refractivity contribution in [2.45, 2.75) is 32.1 Å². The maximum absolute atomic E-state index is 11.0. The van der Waals surface area contributed by atoms with Crippen LogP contribution in [0.4, 0.5) is 11.4 Å². The summed E-state index contributed by atoms with van der Waals surface area (Å²) in [5, 5.41) is 3.33. The highest BCUT2D eigenvalue weighted by Gasteiger charge is 2.14. The molecule has 0 radical (unpaired) electrons. The van der Waals surface area contributed by atoms with E-state index >= 15 is 0 Å². The van der Waals surface area contributed by atoms with Crippen LogP contribution in [0.2, 0.25) is 0 Å². The zero-order valence-corrected chi connectivity index (χ0v) is 10.6. The fourth-order valence-corrected chi connectivity index (χ4v) is 2.59. The van der Waals surface area contributed by atoms with Gasteiger partial charge in [-0.25, -0.2) is 0 Å². The number of carbonyl (C=O) groups excluding carboxylic acids is 1. The van der Waals surface area contributed by atoms with Crippen molar-refractivity contribution in [2.75, 3.05) is 17.6 Å². The molecule has 98 valence electrons. The summed E-state index contributed by atoms with van der Waals surface area (Å²) in [5.41, 5.74) is 13.0. The van der Waals surface area contributed by atoms with Crippen molar-refractivity contribution in [3.8, 4) is 0 Å². The molecule has 1 aliphatic rings. The second-order valence-corrected chi connectivity index (χ2v) is 5.03. The lowest BCUT2D eigenvalue weighted by Gasteiger charge is -2.12. The number of hydrogen-bond donors (Lipinski definition) is 3. The minimum Gasteiger partial charge on any atom is -0.397 e. The molecule has 0 bridgehead atoms. The van der Waals surface area contributed by atoms with Crippen molar-refractivity contribution in [1.82, 2.24) is 0 Å². The fourth-order valence-electron chi connectivity index (χ4n) is 2.59. The van der Waals surface area contributed by atoms with Crippen molar-refractivity contribution in [3.05, 3.63) is 23.8 Å². The number of carbonyl (C=O) groups is 1. The number of primary amides is 1. The average Bonchev–Trinajstić information content (AvgIpc) is 2.84. The maximum atomic E-state index is 11.0. The van der Waals surface area contributed by atoms with Crippen LogP contribution in [0.3, 0.4) is 0 Å². The number of anilines is 2. The van der Waals surface area contributed by atoms with E-state index in [-0.39, 0.29) is 0 Å². The van der Waals surface area contributed by atoms with Crippen LogP contribution in [-0.2, 0) is 0 Å². The third-order valence-corrected chi connectivity index (χ3v) is 3.68. The summed E-state index contributed by atoms with van der Waals surface area (Å²) in [5.74, 6) is 0.419. The standard InChI is InChI=1S/C14H21N3O/c15-12-9-11(14(16)18)5-6-13(12)17-8-7-10-3-1-2-4-10/h5-6,9-10,17H,1-4,7-8,15H2,(H2,16,18). The van der Waals surface area contributed by atoms with Gasteiger partial charge in [0.1, 0.15) is 0 Å². The molecule has 5 N–H and O–H groups in total. The highest BCUT2D eigenvalue weighted by Crippen LogP contribution is 2.28. The van der Waals surface area contributed by atoms with E-state index < -0.39 is 5.91 Å². The Bertz CT molecular complexity index is 425. The van der Waals surface area contributed by atoms with Gasteiger partial charge < -0.3 is 16.8 Å². The van der Waals surface area contributed by atoms with Crippen LogP contribution in [-0.4, -0.2) is 12.5 Å². The van der Waals surface area contributed by atoms with E-state index in [0.717, 1.165) is 18.2 Å². The molecule has 0 aromatic heterocycles. The van der Waals surface area contributed by atoms with Crippen LogP contribution >= 0.6 is 0 Å². The first-order chi connectivity index (χ1) is 8.66. The highest BCUT2D eigenvalue weighted by molar-refractivity contribution is 5.94. The smallest absolute Gasteiger partial charge is 0.248 e. The Morgan fingerprint density at radius 3 is 2.67 bits per heavy atom. The summed E-state index contributed by atoms with van der Waals surface area (Å²) in [7, 11) is 0. The molecule has 0 heterocycles. The Labute approximate surface area is 108 Å². The molecule has 1 aliphatic carbocycles. The Morgan fingerprint density at radius 2 is 2.06 bits per heavy atom. The summed E-state index contributed by atoms with van der Waals surface area (Å²) < 4.78 is 0. The van der Waals surface area contributed by atoms with E-state index in [2.05, 4.69) is 5.32 Å². The van der Waals surface area contributed by atoms with E-state index in [1.165, 1.54) is 32.1 Å². The first-order valence-corrected chi connectivity index (χ1v) is 6.60. The first-order valence-electron chi connectivity index (χ1n) is 6.60. The largest absolute Gasteiger partial charge is 0.397 e. The number of rotatable bonds is 5. The lowest BCUT2D eigenvalue weighted by Crippen LogP contribution is -2.12. The summed E-state index contributed by atoms with van der Waals surface area (Å²) in [6, 6.07) is 5.15. The minimum absolute atomic E-state index is 0.445. The molecule has 0 aliphatic heterocycles. The maximum Gasteiger partial charge on any atom is 0.248 e. The third kappa shape index (κ3) is 3.15. The molecule has 4 nitrogen and oxygen atoms in total. The van der Waals surface area contributed by atoms with Gasteiger partial charge in [0.25, 0.3) is 0 Å². The van der Waals surface area contributed by atoms with Crippen LogP contribution in [0.25, 0.3) is 0 Å². The normalized spacial score (nSPS) is 15.8. The summed E-state index contributed by atoms with van der Waals surface area (Å²) >= 11 is 0. The van der Waals surface area contributed by atoms with Crippen molar-refractivity contribution in [1.29, 1.82) is 0 Å². The molecule has 1 fully saturated rings. The number of amides is 1. The van der Waals surface area contributed by atoms with Crippen molar-refractivity contribution >= 4 is 17.3 Å². The van der Waals surface area contributed by atoms with E-state index in [1.807, 2.05) is 6.07 Å². The molecule has 4 heteroatoms. The van der Waals surface area contributed by atoms with Gasteiger partial charge >= 0.3 is 0 Å². The zero-order valence-electron chi connectivity index (χ0n) is 10.6. The van der Waals surface area contributed by atoms with Gasteiger partial charge in [0.15, 0.2) is 0 Å². The minimum atomic E-state index is -0.445. The predicted molar refractivity (Wildman–Crippen MR) is 74.4 cm³/mol. The molecular formula is C14H21N3O. The van der Waals surface area contributed by atoms with Gasteiger partial charge in [0, 0.05) is 12.1 Å². The van der Waals surface area contributed by atoms with Gasteiger partial charge in [-0.2, -0.15) is 0 Å². The summed E-state index contributed by atoms with van der Waals surface area (Å²) in [4.78, 5) is 11.0. The molecule has 0 atom stereocenters. The van der Waals surface area contributed by atoms with Crippen LogP contribution in [0.1, 0.15) is 42.5 Å². The van der Waals surface area contributed by atoms with Gasteiger partial charge in [-0.05, 0) is 30.5 Å². The lowest BCUT2D eigenvalue weighted by molar-refractivity contribution is 0.100. The molecule has 0 saturated heterocycles. The van der Waals surface area contributed by atoms with E-state index in [4.69, 9.17) is 11.5 Å². The Morgan fingerprint density at radius 1 is 1.33 bits per heavy atom. The predicted octanol–water partition coefficient (Wildman–Crippen LogP) is 2.36. The monoisotopic (exact) mass is 247 g/mol. The molecule has 1 amide bonds. The van der Waals surface area contributed by atoms with Crippen molar-refractivity contribution in [3.63, 3.8) is 0 Å². The number of benzene rings is 1. The number of nitrogens with two attached hydrogens (primary N) is 2. The number of nitrogens with one attached hydrogen (secondary N) is 1. The second-order valence-electron chi connectivity index (χ2n) is 5.03. The first kappa shape index (κ1) is 12.7. The molecule has 1 saturated carbocycles. The topological polar surface area (TPSA) is 81.1 Å². The molecular weight excluding hydrogens is 226 g/mol. The van der Waals surface area contributed by atoms with Gasteiger partial charge in [-0.15, -0.1) is 0 Å². The molecule has 0 unspecified atom stereocenters. The molecule has 18 heavy (non-hydrogen) atoms. The molecule has 0 spiro atoms. The molecule has 2 rings (SSSR count). The zero-order chi connectivity index (χ0) is 13.0. The summed E-state index contributed by atoms with van der Waals surface area (Å²) in [6.45, 7) is 0.935. The molecule has 1 aromatic carbocycles. The van der Waals surface area contributed by atoms with E-state index in [1.54, 1.807) is 12.1 Å². The van der Waals surface area contributed by atoms with E-state index in [0.29, 0.717) is 11.3 Å². The molecule has 1 aromatic rings. The van der Waals surface area contributed by atoms with Crippen LogP contribution in [0.5, 0.6) is 0 Å². The quantitative estimate of drug-likeness (QED) is 0.699. The summed E-state index contributed by atoms with van der Waals surface area (Å²) in [6.07, 6.45) is 6.66. The second kappa shape index (κ2) is 5.76. The van der Waals surface area contributed by atoms with Gasteiger partial charge in [0.05, 0.1) is 11.4 Å². The fraction of sp³-hybridized carbons (Fsp3) is 0.500. The average molecular weight is 247 g/mol. The Kier molecular flexibility index (Phi) is 4.07. The third-order valence-electron chi connectivity index (χ3n) is 3.68. The number of hydrogen-bond acceptors (Lipinski definition) is 3. The van der Waals surface area contributed by atoms with E-state index in [9.17, 15) is 4.79 Å². The van der Waals surface area contributed by atoms with Gasteiger partial charge in [-0.1, -0.05) is 25.7 Å². The van der Waals surface area contributed by atoms with Crippen molar-refractivity contribution in [2.24, 2.45) is 11.7 Å². The van der Waals surface area contributed by atoms with Crippen molar-refractivity contribution < 1.29 is 4.79 Å². The SMILES string of the molecule is NC(=O)c1ccc(NCCC2CCCC2)c(N)c1. The van der Waals surface area contributed by atoms with Crippen LogP contribution in [0, 0.1) is 5.92 Å². The lowest BCUT2D eigenvalue weighted by atomic mass is 10.0. The Hall–Kier alpha value is -1.71. The van der Waals surface area contributed by atoms with Crippen LogP contribution in [0.15, 0.2) is 18.2 Å². The highest BCUT2D eigenvalue weighted by atomic mass is 16.1. The van der Waals surface area contributed by atoms with Gasteiger partial charge in [-0.3, -0.25) is 4.79 Å².